The lowest BCUT2D eigenvalue weighted by Crippen LogP contribution is -2.11. The van der Waals surface area contributed by atoms with Gasteiger partial charge in [-0.15, -0.1) is 0 Å². The van der Waals surface area contributed by atoms with Gasteiger partial charge in [0, 0.05) is 12.7 Å². The number of aromatic nitrogens is 1. The van der Waals surface area contributed by atoms with Crippen molar-refractivity contribution in [2.24, 2.45) is 0 Å². The quantitative estimate of drug-likeness (QED) is 0.317. The third-order valence-electron chi connectivity index (χ3n) is 2.10. The predicted molar refractivity (Wildman–Crippen MR) is 64.2 cm³/mol. The molecule has 0 aliphatic carbocycles. The van der Waals surface area contributed by atoms with Gasteiger partial charge in [0.25, 0.3) is 5.88 Å². The van der Waals surface area contributed by atoms with E-state index in [1.807, 2.05) is 6.92 Å². The standard InChI is InChI=1S/C11H14N2O6/c1-3-18-6-7-19-10-9(13(15)16)5-4-8(12-10)11(14)17-2/h4-5H,3,6-7H2,1-2H3. The zero-order valence-electron chi connectivity index (χ0n) is 10.6. The van der Waals surface area contributed by atoms with E-state index in [4.69, 9.17) is 9.47 Å². The summed E-state index contributed by atoms with van der Waals surface area (Å²) in [5, 5.41) is 10.8. The number of nitrogens with zero attached hydrogens (tertiary/aromatic N) is 2. The fourth-order valence-electron chi connectivity index (χ4n) is 1.24. The first-order valence-corrected chi connectivity index (χ1v) is 5.54. The normalized spacial score (nSPS) is 10.0. The summed E-state index contributed by atoms with van der Waals surface area (Å²) in [5.41, 5.74) is -0.372. The van der Waals surface area contributed by atoms with Crippen LogP contribution in [-0.2, 0) is 9.47 Å². The summed E-state index contributed by atoms with van der Waals surface area (Å²) in [6.07, 6.45) is 0. The average Bonchev–Trinajstić information content (AvgIpc) is 2.42. The van der Waals surface area contributed by atoms with Crippen LogP contribution >= 0.6 is 0 Å². The summed E-state index contributed by atoms with van der Waals surface area (Å²) in [6.45, 7) is 2.71. The molecule has 8 nitrogen and oxygen atoms in total. The highest BCUT2D eigenvalue weighted by molar-refractivity contribution is 5.87. The van der Waals surface area contributed by atoms with Gasteiger partial charge in [-0.2, -0.15) is 0 Å². The Morgan fingerprint density at radius 3 is 2.74 bits per heavy atom. The van der Waals surface area contributed by atoms with Crippen LogP contribution in [0.2, 0.25) is 0 Å². The van der Waals surface area contributed by atoms with Gasteiger partial charge in [0.15, 0.2) is 5.69 Å². The van der Waals surface area contributed by atoms with Gasteiger partial charge in [0.2, 0.25) is 0 Å². The molecule has 1 rings (SSSR count). The first kappa shape index (κ1) is 14.8. The Kier molecular flexibility index (Phi) is 5.68. The molecule has 0 aliphatic rings. The zero-order chi connectivity index (χ0) is 14.3. The minimum atomic E-state index is -0.690. The van der Waals surface area contributed by atoms with E-state index in [9.17, 15) is 14.9 Å². The molecule has 0 aliphatic heterocycles. The Morgan fingerprint density at radius 1 is 1.42 bits per heavy atom. The molecule has 0 saturated carbocycles. The highest BCUT2D eigenvalue weighted by Gasteiger charge is 2.20. The molecule has 0 amide bonds. The lowest BCUT2D eigenvalue weighted by atomic mass is 10.3. The molecular weight excluding hydrogens is 256 g/mol. The average molecular weight is 270 g/mol. The van der Waals surface area contributed by atoms with Crippen molar-refractivity contribution in [1.82, 2.24) is 4.98 Å². The van der Waals surface area contributed by atoms with Crippen LogP contribution in [0.1, 0.15) is 17.4 Å². The molecule has 0 unspecified atom stereocenters. The molecule has 0 bridgehead atoms. The molecule has 8 heteroatoms. The Labute approximate surface area is 109 Å². The van der Waals surface area contributed by atoms with E-state index in [0.717, 1.165) is 6.07 Å². The number of nitro groups is 1. The fraction of sp³-hybridized carbons (Fsp3) is 0.455. The maximum Gasteiger partial charge on any atom is 0.356 e. The number of pyridine rings is 1. The number of hydrogen-bond acceptors (Lipinski definition) is 7. The van der Waals surface area contributed by atoms with Crippen molar-refractivity contribution in [3.05, 3.63) is 27.9 Å². The number of ether oxygens (including phenoxy) is 3. The molecule has 0 N–H and O–H groups in total. The summed E-state index contributed by atoms with van der Waals surface area (Å²) in [6, 6.07) is 2.36. The predicted octanol–water partition coefficient (Wildman–Crippen LogP) is 1.19. The molecule has 104 valence electrons. The van der Waals surface area contributed by atoms with Gasteiger partial charge in [-0.05, 0) is 13.0 Å². The number of methoxy groups -OCH3 is 1. The maximum atomic E-state index is 11.3. The van der Waals surface area contributed by atoms with Crippen LogP contribution in [0.5, 0.6) is 5.88 Å². The Hall–Kier alpha value is -2.22. The highest BCUT2D eigenvalue weighted by Crippen LogP contribution is 2.24. The van der Waals surface area contributed by atoms with E-state index in [1.54, 1.807) is 0 Å². The summed E-state index contributed by atoms with van der Waals surface area (Å²) < 4.78 is 14.7. The first-order valence-electron chi connectivity index (χ1n) is 5.54. The Bertz CT molecular complexity index is 462. The lowest BCUT2D eigenvalue weighted by Gasteiger charge is -2.07. The van der Waals surface area contributed by atoms with Crippen LogP contribution in [0.3, 0.4) is 0 Å². The van der Waals surface area contributed by atoms with Gasteiger partial charge in [0.05, 0.1) is 18.6 Å². The van der Waals surface area contributed by atoms with Crippen molar-refractivity contribution < 1.29 is 23.9 Å². The maximum absolute atomic E-state index is 11.3. The van der Waals surface area contributed by atoms with Crippen LogP contribution < -0.4 is 4.74 Å². The molecule has 0 spiro atoms. The molecule has 1 heterocycles. The Morgan fingerprint density at radius 2 is 2.16 bits per heavy atom. The number of hydrogen-bond donors (Lipinski definition) is 0. The van der Waals surface area contributed by atoms with Crippen LogP contribution in [0.15, 0.2) is 12.1 Å². The molecule has 19 heavy (non-hydrogen) atoms. The van der Waals surface area contributed by atoms with Crippen LogP contribution in [0.4, 0.5) is 5.69 Å². The summed E-state index contributed by atoms with van der Waals surface area (Å²) in [5.74, 6) is -0.919. The van der Waals surface area contributed by atoms with E-state index >= 15 is 0 Å². The largest absolute Gasteiger partial charge is 0.470 e. The molecular formula is C11H14N2O6. The van der Waals surface area contributed by atoms with Gasteiger partial charge in [-0.1, -0.05) is 0 Å². The molecule has 1 aromatic rings. The van der Waals surface area contributed by atoms with Crippen molar-refractivity contribution >= 4 is 11.7 Å². The number of carbonyl (C=O) groups is 1. The van der Waals surface area contributed by atoms with Crippen molar-refractivity contribution in [3.8, 4) is 5.88 Å². The molecule has 0 aromatic carbocycles. The van der Waals surface area contributed by atoms with Crippen LogP contribution in [0.25, 0.3) is 0 Å². The van der Waals surface area contributed by atoms with Gasteiger partial charge in [-0.25, -0.2) is 9.78 Å². The number of esters is 1. The minimum absolute atomic E-state index is 0.0560. The second-order valence-corrected chi connectivity index (χ2v) is 3.31. The van der Waals surface area contributed by atoms with E-state index < -0.39 is 10.9 Å². The van der Waals surface area contributed by atoms with Crippen molar-refractivity contribution in [2.45, 2.75) is 6.92 Å². The molecule has 0 fully saturated rings. The summed E-state index contributed by atoms with van der Waals surface area (Å²) in [7, 11) is 1.20. The van der Waals surface area contributed by atoms with Gasteiger partial charge < -0.3 is 14.2 Å². The molecule has 0 atom stereocenters. The minimum Gasteiger partial charge on any atom is -0.470 e. The topological polar surface area (TPSA) is 101 Å². The number of rotatable bonds is 7. The van der Waals surface area contributed by atoms with Crippen molar-refractivity contribution in [1.29, 1.82) is 0 Å². The van der Waals surface area contributed by atoms with Gasteiger partial charge in [-0.3, -0.25) is 10.1 Å². The first-order chi connectivity index (χ1) is 9.10. The van der Waals surface area contributed by atoms with Crippen molar-refractivity contribution in [2.75, 3.05) is 26.9 Å². The molecule has 0 saturated heterocycles. The van der Waals surface area contributed by atoms with Crippen LogP contribution in [-0.4, -0.2) is 42.8 Å². The van der Waals surface area contributed by atoms with Gasteiger partial charge >= 0.3 is 11.7 Å². The van der Waals surface area contributed by atoms with Crippen molar-refractivity contribution in [3.63, 3.8) is 0 Å². The SMILES string of the molecule is CCOCCOc1nc(C(=O)OC)ccc1[N+](=O)[O-]. The molecule has 0 radical (unpaired) electrons. The second kappa shape index (κ2) is 7.27. The van der Waals surface area contributed by atoms with E-state index in [1.165, 1.54) is 13.2 Å². The van der Waals surface area contributed by atoms with E-state index in [-0.39, 0.29) is 30.5 Å². The third-order valence-corrected chi connectivity index (χ3v) is 2.10. The second-order valence-electron chi connectivity index (χ2n) is 3.31. The monoisotopic (exact) mass is 270 g/mol. The summed E-state index contributed by atoms with van der Waals surface area (Å²) >= 11 is 0. The summed E-state index contributed by atoms with van der Waals surface area (Å²) in [4.78, 5) is 25.2. The number of carbonyl (C=O) groups excluding carboxylic acids is 1. The van der Waals surface area contributed by atoms with Gasteiger partial charge in [0.1, 0.15) is 6.61 Å². The lowest BCUT2D eigenvalue weighted by molar-refractivity contribution is -0.386. The van der Waals surface area contributed by atoms with E-state index in [0.29, 0.717) is 6.61 Å². The fourth-order valence-corrected chi connectivity index (χ4v) is 1.24. The van der Waals surface area contributed by atoms with Crippen LogP contribution in [0, 0.1) is 10.1 Å². The smallest absolute Gasteiger partial charge is 0.356 e. The molecule has 1 aromatic heterocycles. The highest BCUT2D eigenvalue weighted by atomic mass is 16.6. The zero-order valence-corrected chi connectivity index (χ0v) is 10.6. The third kappa shape index (κ3) is 4.18. The van der Waals surface area contributed by atoms with E-state index in [2.05, 4.69) is 9.72 Å². The Balaban J connectivity index is 2.89.